The first-order valence-corrected chi connectivity index (χ1v) is 10.8. The standard InChI is InChI=1S/C24H17FN6OS/c25-16-2-1-3-18(8-16)31-24(32)30-17-6-4-14(5-7-17)20-12-33-22-19(11-29-23(26)21(20)22)15-9-27-13-28-10-15/h1-13H,(H2,26,29)(H2,30,31,32). The van der Waals surface area contributed by atoms with E-state index in [2.05, 4.69) is 25.6 Å². The first-order chi connectivity index (χ1) is 16.1. The molecule has 2 amide bonds. The van der Waals surface area contributed by atoms with Crippen molar-refractivity contribution in [3.63, 3.8) is 0 Å². The summed E-state index contributed by atoms with van der Waals surface area (Å²) in [5.74, 6) is 0.0235. The summed E-state index contributed by atoms with van der Waals surface area (Å²) in [6.45, 7) is 0. The molecule has 0 bridgehead atoms. The summed E-state index contributed by atoms with van der Waals surface area (Å²) in [7, 11) is 0. The molecule has 5 rings (SSSR count). The molecule has 0 spiro atoms. The van der Waals surface area contributed by atoms with Gasteiger partial charge in [0.15, 0.2) is 0 Å². The van der Waals surface area contributed by atoms with E-state index in [9.17, 15) is 9.18 Å². The number of nitrogen functional groups attached to an aromatic ring is 1. The maximum atomic E-state index is 13.3. The molecular weight excluding hydrogens is 439 g/mol. The third kappa shape index (κ3) is 4.21. The van der Waals surface area contributed by atoms with Gasteiger partial charge < -0.3 is 16.4 Å². The average molecular weight is 457 g/mol. The van der Waals surface area contributed by atoms with Crippen LogP contribution in [0.25, 0.3) is 32.3 Å². The number of benzene rings is 2. The minimum atomic E-state index is -0.461. The summed E-state index contributed by atoms with van der Waals surface area (Å²) in [4.78, 5) is 24.8. The van der Waals surface area contributed by atoms with E-state index in [-0.39, 0.29) is 0 Å². The number of hydrogen-bond acceptors (Lipinski definition) is 6. The lowest BCUT2D eigenvalue weighted by molar-refractivity contribution is 0.262. The summed E-state index contributed by atoms with van der Waals surface area (Å²) in [5, 5.41) is 8.25. The second kappa shape index (κ2) is 8.64. The van der Waals surface area contributed by atoms with Crippen LogP contribution in [0.3, 0.4) is 0 Å². The highest BCUT2D eigenvalue weighted by Crippen LogP contribution is 2.41. The summed E-state index contributed by atoms with van der Waals surface area (Å²) in [6.07, 6.45) is 6.71. The molecule has 7 nitrogen and oxygen atoms in total. The zero-order valence-electron chi connectivity index (χ0n) is 17.1. The van der Waals surface area contributed by atoms with Crippen molar-refractivity contribution in [2.45, 2.75) is 0 Å². The predicted molar refractivity (Wildman–Crippen MR) is 130 cm³/mol. The van der Waals surface area contributed by atoms with Crippen LogP contribution in [0.4, 0.5) is 26.4 Å². The fourth-order valence-corrected chi connectivity index (χ4v) is 4.64. The van der Waals surface area contributed by atoms with Gasteiger partial charge in [0.05, 0.1) is 0 Å². The van der Waals surface area contributed by atoms with Crippen molar-refractivity contribution in [2.75, 3.05) is 16.4 Å². The molecule has 5 aromatic rings. The van der Waals surface area contributed by atoms with E-state index in [1.807, 2.05) is 17.5 Å². The van der Waals surface area contributed by atoms with E-state index in [4.69, 9.17) is 5.73 Å². The molecule has 0 saturated heterocycles. The van der Waals surface area contributed by atoms with Crippen molar-refractivity contribution < 1.29 is 9.18 Å². The molecule has 33 heavy (non-hydrogen) atoms. The van der Waals surface area contributed by atoms with Gasteiger partial charge in [-0.25, -0.2) is 24.1 Å². The molecule has 3 aromatic heterocycles. The van der Waals surface area contributed by atoms with E-state index in [1.54, 1.807) is 48.1 Å². The van der Waals surface area contributed by atoms with Crippen LogP contribution in [0.5, 0.6) is 0 Å². The number of aromatic nitrogens is 3. The fourth-order valence-electron chi connectivity index (χ4n) is 3.52. The number of nitrogens with two attached hydrogens (primary N) is 1. The molecule has 0 aliphatic heterocycles. The van der Waals surface area contributed by atoms with Gasteiger partial charge in [-0.2, -0.15) is 0 Å². The maximum Gasteiger partial charge on any atom is 0.323 e. The Balaban J connectivity index is 1.40. The lowest BCUT2D eigenvalue weighted by atomic mass is 10.0. The molecule has 0 atom stereocenters. The smallest absolute Gasteiger partial charge is 0.323 e. The normalized spacial score (nSPS) is 10.8. The molecule has 9 heteroatoms. The van der Waals surface area contributed by atoms with Crippen molar-refractivity contribution in [1.82, 2.24) is 15.0 Å². The van der Waals surface area contributed by atoms with E-state index in [0.29, 0.717) is 17.2 Å². The van der Waals surface area contributed by atoms with Crippen LogP contribution in [-0.2, 0) is 0 Å². The Morgan fingerprint density at radius 1 is 0.909 bits per heavy atom. The number of thiophene rings is 1. The number of anilines is 3. The van der Waals surface area contributed by atoms with E-state index in [1.165, 1.54) is 24.5 Å². The van der Waals surface area contributed by atoms with Crippen molar-refractivity contribution in [3.05, 3.63) is 84.6 Å². The van der Waals surface area contributed by atoms with Gasteiger partial charge in [-0.1, -0.05) is 18.2 Å². The molecule has 162 valence electrons. The number of pyridine rings is 1. The highest BCUT2D eigenvalue weighted by molar-refractivity contribution is 7.18. The molecule has 0 fully saturated rings. The van der Waals surface area contributed by atoms with Crippen LogP contribution in [0.15, 0.2) is 78.8 Å². The maximum absolute atomic E-state index is 13.3. The Morgan fingerprint density at radius 2 is 1.67 bits per heavy atom. The topological polar surface area (TPSA) is 106 Å². The Bertz CT molecular complexity index is 1450. The average Bonchev–Trinajstić information content (AvgIpc) is 3.26. The van der Waals surface area contributed by atoms with Crippen LogP contribution in [0.1, 0.15) is 0 Å². The number of nitrogens with one attached hydrogen (secondary N) is 2. The molecule has 4 N–H and O–H groups in total. The summed E-state index contributed by atoms with van der Waals surface area (Å²) in [6, 6.07) is 12.6. The second-order valence-corrected chi connectivity index (χ2v) is 8.08. The van der Waals surface area contributed by atoms with Gasteiger partial charge in [-0.3, -0.25) is 0 Å². The first kappa shape index (κ1) is 20.5. The zero-order valence-corrected chi connectivity index (χ0v) is 17.9. The Hall–Kier alpha value is -4.37. The third-order valence-corrected chi connectivity index (χ3v) is 6.05. The van der Waals surface area contributed by atoms with Crippen LogP contribution in [0, 0.1) is 5.82 Å². The number of halogens is 1. The number of rotatable bonds is 4. The number of carbonyl (C=O) groups excluding carboxylic acids is 1. The van der Waals surface area contributed by atoms with Gasteiger partial charge in [0, 0.05) is 56.7 Å². The minimum Gasteiger partial charge on any atom is -0.383 e. The molecular formula is C24H17FN6OS. The van der Waals surface area contributed by atoms with E-state index >= 15 is 0 Å². The van der Waals surface area contributed by atoms with Crippen LogP contribution in [0.2, 0.25) is 0 Å². The van der Waals surface area contributed by atoms with Crippen molar-refractivity contribution >= 4 is 44.6 Å². The van der Waals surface area contributed by atoms with Gasteiger partial charge in [0.1, 0.15) is 18.0 Å². The number of amides is 2. The van der Waals surface area contributed by atoms with Gasteiger partial charge in [0.25, 0.3) is 0 Å². The molecule has 0 aliphatic rings. The number of urea groups is 1. The van der Waals surface area contributed by atoms with E-state index < -0.39 is 11.8 Å². The molecule has 0 unspecified atom stereocenters. The largest absolute Gasteiger partial charge is 0.383 e. The number of fused-ring (bicyclic) bond motifs is 1. The van der Waals surface area contributed by atoms with Gasteiger partial charge >= 0.3 is 6.03 Å². The Labute approximate surface area is 192 Å². The van der Waals surface area contributed by atoms with Gasteiger partial charge in [0.2, 0.25) is 0 Å². The predicted octanol–water partition coefficient (Wildman–Crippen LogP) is 5.79. The minimum absolute atomic E-state index is 0.372. The van der Waals surface area contributed by atoms with Crippen LogP contribution >= 0.6 is 11.3 Å². The SMILES string of the molecule is Nc1ncc(-c2cncnc2)c2scc(-c3ccc(NC(=O)Nc4cccc(F)c4)cc3)c12. The number of nitrogens with zero attached hydrogens (tertiary/aromatic N) is 3. The first-order valence-electron chi connectivity index (χ1n) is 9.93. The molecule has 3 heterocycles. The molecule has 0 aliphatic carbocycles. The summed E-state index contributed by atoms with van der Waals surface area (Å²) >= 11 is 1.58. The fraction of sp³-hybridized carbons (Fsp3) is 0. The quantitative estimate of drug-likeness (QED) is 0.318. The van der Waals surface area contributed by atoms with Crippen molar-refractivity contribution in [2.24, 2.45) is 0 Å². The monoisotopic (exact) mass is 456 g/mol. The lowest BCUT2D eigenvalue weighted by Crippen LogP contribution is -2.19. The highest BCUT2D eigenvalue weighted by atomic mass is 32.1. The van der Waals surface area contributed by atoms with Crippen LogP contribution < -0.4 is 16.4 Å². The zero-order chi connectivity index (χ0) is 22.8. The van der Waals surface area contributed by atoms with Crippen LogP contribution in [-0.4, -0.2) is 21.0 Å². The molecule has 0 saturated carbocycles. The summed E-state index contributed by atoms with van der Waals surface area (Å²) < 4.78 is 14.3. The summed E-state index contributed by atoms with van der Waals surface area (Å²) in [5.41, 5.74) is 10.9. The third-order valence-electron chi connectivity index (χ3n) is 5.03. The molecule has 0 radical (unpaired) electrons. The number of hydrogen-bond donors (Lipinski definition) is 3. The Kier molecular flexibility index (Phi) is 5.37. The second-order valence-electron chi connectivity index (χ2n) is 7.20. The molecule has 2 aromatic carbocycles. The highest BCUT2D eigenvalue weighted by Gasteiger charge is 2.15. The van der Waals surface area contributed by atoms with E-state index in [0.717, 1.165) is 32.3 Å². The van der Waals surface area contributed by atoms with Crippen molar-refractivity contribution in [3.8, 4) is 22.3 Å². The van der Waals surface area contributed by atoms with Gasteiger partial charge in [-0.15, -0.1) is 11.3 Å². The number of carbonyl (C=O) groups is 1. The Morgan fingerprint density at radius 3 is 2.42 bits per heavy atom. The lowest BCUT2D eigenvalue weighted by Gasteiger charge is -2.09. The van der Waals surface area contributed by atoms with Gasteiger partial charge in [-0.05, 0) is 41.3 Å². The van der Waals surface area contributed by atoms with Crippen molar-refractivity contribution in [1.29, 1.82) is 0 Å².